The summed E-state index contributed by atoms with van der Waals surface area (Å²) in [6.45, 7) is 1.95. The number of alkyl carbamates (subject to hydrolysis) is 1. The molecule has 0 heterocycles. The fourth-order valence-electron chi connectivity index (χ4n) is 0.916. The van der Waals surface area contributed by atoms with Crippen LogP contribution in [-0.4, -0.2) is 29.8 Å². The van der Waals surface area contributed by atoms with Crippen LogP contribution in [0.15, 0.2) is 0 Å². The Morgan fingerprint density at radius 1 is 1.60 bits per heavy atom. The van der Waals surface area contributed by atoms with Crippen molar-refractivity contribution in [3.63, 3.8) is 0 Å². The minimum atomic E-state index is -1.14. The Morgan fingerprint density at radius 2 is 2.27 bits per heavy atom. The molecular weight excluding hydrogens is 198 g/mol. The molecule has 84 valence electrons. The van der Waals surface area contributed by atoms with E-state index in [1.807, 2.05) is 6.92 Å². The Kier molecular flexibility index (Phi) is 6.81. The topological polar surface area (TPSA) is 75.6 Å². The van der Waals surface area contributed by atoms with Crippen LogP contribution in [0.4, 0.5) is 4.79 Å². The number of unbranched alkanes of at least 4 members (excludes halogenated alkanes) is 1. The number of ether oxygens (including phenoxy) is 1. The van der Waals surface area contributed by atoms with E-state index in [2.05, 4.69) is 16.0 Å². The second-order valence-corrected chi connectivity index (χ2v) is 2.93. The normalized spacial score (nSPS) is 11.2. The van der Waals surface area contributed by atoms with Gasteiger partial charge in [-0.25, -0.2) is 9.59 Å². The molecular formula is C10H15NO4. The van der Waals surface area contributed by atoms with Gasteiger partial charge in [0.05, 0.1) is 6.54 Å². The average Bonchev–Trinajstić information content (AvgIpc) is 2.20. The van der Waals surface area contributed by atoms with Crippen molar-refractivity contribution in [1.29, 1.82) is 0 Å². The number of carbonyl (C=O) groups is 2. The maximum absolute atomic E-state index is 11.0. The van der Waals surface area contributed by atoms with Crippen molar-refractivity contribution in [2.75, 3.05) is 6.54 Å². The van der Waals surface area contributed by atoms with Crippen LogP contribution >= 0.6 is 0 Å². The van der Waals surface area contributed by atoms with Crippen LogP contribution in [0, 0.1) is 12.3 Å². The minimum Gasteiger partial charge on any atom is -0.479 e. The highest BCUT2D eigenvalue weighted by Crippen LogP contribution is 2.05. The Hall–Kier alpha value is -1.70. The van der Waals surface area contributed by atoms with Gasteiger partial charge >= 0.3 is 12.1 Å². The molecule has 5 nitrogen and oxygen atoms in total. The summed E-state index contributed by atoms with van der Waals surface area (Å²) in [7, 11) is 0. The first kappa shape index (κ1) is 13.3. The average molecular weight is 213 g/mol. The number of carboxylic acids is 1. The highest BCUT2D eigenvalue weighted by Gasteiger charge is 2.20. The van der Waals surface area contributed by atoms with Gasteiger partial charge in [0.15, 0.2) is 0 Å². The molecule has 0 aromatic heterocycles. The van der Waals surface area contributed by atoms with E-state index in [9.17, 15) is 9.59 Å². The highest BCUT2D eigenvalue weighted by molar-refractivity contribution is 5.77. The summed E-state index contributed by atoms with van der Waals surface area (Å²) >= 11 is 0. The molecule has 1 amide bonds. The smallest absolute Gasteiger partial charge is 0.408 e. The monoisotopic (exact) mass is 213 g/mol. The van der Waals surface area contributed by atoms with Crippen LogP contribution in [0.5, 0.6) is 0 Å². The number of amides is 1. The Morgan fingerprint density at radius 3 is 2.73 bits per heavy atom. The zero-order valence-electron chi connectivity index (χ0n) is 8.66. The van der Waals surface area contributed by atoms with Crippen LogP contribution < -0.4 is 5.32 Å². The fourth-order valence-corrected chi connectivity index (χ4v) is 0.916. The van der Waals surface area contributed by atoms with Gasteiger partial charge in [-0.15, -0.1) is 6.42 Å². The number of terminal acetylenes is 1. The number of carbonyl (C=O) groups excluding carboxylic acids is 1. The molecule has 0 aliphatic rings. The molecule has 2 N–H and O–H groups in total. The van der Waals surface area contributed by atoms with Crippen molar-refractivity contribution >= 4 is 12.1 Å². The highest BCUT2D eigenvalue weighted by atomic mass is 16.6. The predicted molar refractivity (Wildman–Crippen MR) is 54.3 cm³/mol. The lowest BCUT2D eigenvalue weighted by molar-refractivity contribution is -0.147. The zero-order valence-corrected chi connectivity index (χ0v) is 8.66. The van der Waals surface area contributed by atoms with Gasteiger partial charge < -0.3 is 15.2 Å². The molecule has 1 atom stereocenters. The van der Waals surface area contributed by atoms with Gasteiger partial charge in [-0.05, 0) is 12.8 Å². The molecule has 0 aliphatic carbocycles. The molecule has 0 saturated carbocycles. The molecule has 0 aromatic carbocycles. The van der Waals surface area contributed by atoms with E-state index >= 15 is 0 Å². The van der Waals surface area contributed by atoms with E-state index in [0.717, 1.165) is 6.42 Å². The lowest BCUT2D eigenvalue weighted by Gasteiger charge is -2.12. The third kappa shape index (κ3) is 6.38. The molecule has 0 spiro atoms. The summed E-state index contributed by atoms with van der Waals surface area (Å²) in [5.74, 6) is 1.05. The van der Waals surface area contributed by atoms with E-state index in [1.165, 1.54) is 0 Å². The number of aliphatic carboxylic acids is 1. The van der Waals surface area contributed by atoms with Gasteiger partial charge in [-0.1, -0.05) is 19.3 Å². The quantitative estimate of drug-likeness (QED) is 0.645. The van der Waals surface area contributed by atoms with Crippen LogP contribution in [0.3, 0.4) is 0 Å². The molecule has 15 heavy (non-hydrogen) atoms. The van der Waals surface area contributed by atoms with Crippen LogP contribution in [0.1, 0.15) is 26.2 Å². The number of rotatable bonds is 6. The maximum atomic E-state index is 11.0. The third-order valence-corrected chi connectivity index (χ3v) is 1.68. The number of hydrogen-bond donors (Lipinski definition) is 2. The summed E-state index contributed by atoms with van der Waals surface area (Å²) in [6.07, 6.45) is 4.88. The SMILES string of the molecule is C#CCNC(=O)OC(CCCC)C(=O)O. The molecule has 0 fully saturated rings. The summed E-state index contributed by atoms with van der Waals surface area (Å²) in [5.41, 5.74) is 0. The second-order valence-electron chi connectivity index (χ2n) is 2.93. The molecule has 0 aromatic rings. The van der Waals surface area contributed by atoms with Crippen molar-refractivity contribution in [3.8, 4) is 12.3 Å². The van der Waals surface area contributed by atoms with E-state index in [1.54, 1.807) is 0 Å². The second kappa shape index (κ2) is 7.68. The lowest BCUT2D eigenvalue weighted by atomic mass is 10.2. The van der Waals surface area contributed by atoms with E-state index in [4.69, 9.17) is 11.5 Å². The summed E-state index contributed by atoms with van der Waals surface area (Å²) in [6, 6.07) is 0. The summed E-state index contributed by atoms with van der Waals surface area (Å²) < 4.78 is 4.67. The van der Waals surface area contributed by atoms with Gasteiger partial charge in [0.25, 0.3) is 0 Å². The Bertz CT molecular complexity index is 257. The first-order valence-corrected chi connectivity index (χ1v) is 4.72. The Balaban J connectivity index is 3.99. The first-order valence-electron chi connectivity index (χ1n) is 4.72. The molecule has 0 bridgehead atoms. The lowest BCUT2D eigenvalue weighted by Crippen LogP contribution is -2.33. The predicted octanol–water partition coefficient (Wildman–Crippen LogP) is 0.989. The van der Waals surface area contributed by atoms with Crippen LogP contribution in [-0.2, 0) is 9.53 Å². The van der Waals surface area contributed by atoms with Gasteiger partial charge in [-0.3, -0.25) is 0 Å². The molecule has 5 heteroatoms. The van der Waals surface area contributed by atoms with E-state index < -0.39 is 18.2 Å². The first-order chi connectivity index (χ1) is 7.11. The maximum Gasteiger partial charge on any atom is 0.408 e. The number of carboxylic acid groups (broad SMARTS) is 1. The van der Waals surface area contributed by atoms with Gasteiger partial charge in [0.1, 0.15) is 0 Å². The Labute approximate surface area is 88.8 Å². The molecule has 0 aliphatic heterocycles. The standard InChI is InChI=1S/C10H15NO4/c1-3-5-6-8(9(12)13)15-10(14)11-7-4-2/h2,8H,3,5-7H2,1H3,(H,11,14)(H,12,13). The third-order valence-electron chi connectivity index (χ3n) is 1.68. The van der Waals surface area contributed by atoms with Crippen LogP contribution in [0.2, 0.25) is 0 Å². The van der Waals surface area contributed by atoms with E-state index in [-0.39, 0.29) is 6.54 Å². The summed E-state index contributed by atoms with van der Waals surface area (Å²) in [5, 5.41) is 11.0. The minimum absolute atomic E-state index is 0.0267. The van der Waals surface area contributed by atoms with E-state index in [0.29, 0.717) is 12.8 Å². The number of nitrogens with one attached hydrogen (secondary N) is 1. The number of hydrogen-bond acceptors (Lipinski definition) is 3. The zero-order chi connectivity index (χ0) is 11.7. The van der Waals surface area contributed by atoms with Crippen molar-refractivity contribution < 1.29 is 19.4 Å². The van der Waals surface area contributed by atoms with Crippen molar-refractivity contribution in [2.24, 2.45) is 0 Å². The summed E-state index contributed by atoms with van der Waals surface area (Å²) in [4.78, 5) is 21.7. The van der Waals surface area contributed by atoms with Gasteiger partial charge in [0.2, 0.25) is 6.10 Å². The van der Waals surface area contributed by atoms with Crippen molar-refractivity contribution in [1.82, 2.24) is 5.32 Å². The molecule has 0 rings (SSSR count). The fraction of sp³-hybridized carbons (Fsp3) is 0.600. The van der Waals surface area contributed by atoms with Gasteiger partial charge in [0, 0.05) is 0 Å². The molecule has 1 unspecified atom stereocenters. The van der Waals surface area contributed by atoms with Gasteiger partial charge in [-0.2, -0.15) is 0 Å². The molecule has 0 radical (unpaired) electrons. The van der Waals surface area contributed by atoms with Crippen molar-refractivity contribution in [3.05, 3.63) is 0 Å². The largest absolute Gasteiger partial charge is 0.479 e. The molecule has 0 saturated heterocycles. The van der Waals surface area contributed by atoms with Crippen LogP contribution in [0.25, 0.3) is 0 Å². The van der Waals surface area contributed by atoms with Crippen molar-refractivity contribution in [2.45, 2.75) is 32.3 Å².